The molecule has 5 heteroatoms. The molecule has 1 aromatic heterocycles. The Kier molecular flexibility index (Phi) is 3.18. The number of halogens is 1. The summed E-state index contributed by atoms with van der Waals surface area (Å²) in [7, 11) is 2.16. The molecule has 0 spiro atoms. The van der Waals surface area contributed by atoms with Gasteiger partial charge >= 0.3 is 5.97 Å². The highest BCUT2D eigenvalue weighted by Crippen LogP contribution is 2.36. The van der Waals surface area contributed by atoms with Crippen molar-refractivity contribution in [2.45, 2.75) is 43.9 Å². The van der Waals surface area contributed by atoms with Crippen LogP contribution in [0.2, 0.25) is 0 Å². The highest BCUT2D eigenvalue weighted by atomic mass is 19.1. The first-order chi connectivity index (χ1) is 10.6. The molecule has 0 saturated carbocycles. The fourth-order valence-electron chi connectivity index (χ4n) is 3.93. The first-order valence-electron chi connectivity index (χ1n) is 7.81. The third-order valence-corrected chi connectivity index (χ3v) is 5.19. The maximum Gasteiger partial charge on any atom is 0.340 e. The molecule has 0 aliphatic carbocycles. The van der Waals surface area contributed by atoms with Crippen LogP contribution in [0, 0.1) is 5.82 Å². The highest BCUT2D eigenvalue weighted by Gasteiger charge is 2.40. The Morgan fingerprint density at radius 1 is 1.32 bits per heavy atom. The number of piperidine rings is 1. The molecule has 2 saturated heterocycles. The van der Waals surface area contributed by atoms with Gasteiger partial charge in [0.15, 0.2) is 0 Å². The largest absolute Gasteiger partial charge is 0.459 e. The summed E-state index contributed by atoms with van der Waals surface area (Å²) in [4.78, 5) is 17.8. The molecule has 1 N–H and O–H groups in total. The summed E-state index contributed by atoms with van der Waals surface area (Å²) in [5.74, 6) is -0.704. The molecule has 0 radical (unpaired) electrons. The van der Waals surface area contributed by atoms with E-state index in [1.165, 1.54) is 25.0 Å². The van der Waals surface area contributed by atoms with Gasteiger partial charge in [0.05, 0.1) is 5.56 Å². The van der Waals surface area contributed by atoms with Crippen LogP contribution in [0.1, 0.15) is 36.0 Å². The maximum atomic E-state index is 13.4. The number of rotatable bonds is 2. The Morgan fingerprint density at radius 2 is 2.05 bits per heavy atom. The molecule has 3 heterocycles. The predicted octanol–water partition coefficient (Wildman–Crippen LogP) is 3.09. The number of fused-ring (bicyclic) bond motifs is 3. The van der Waals surface area contributed by atoms with Crippen molar-refractivity contribution in [3.63, 3.8) is 0 Å². The van der Waals surface area contributed by atoms with Gasteiger partial charge in [0.1, 0.15) is 11.9 Å². The van der Waals surface area contributed by atoms with E-state index in [1.807, 2.05) is 0 Å². The van der Waals surface area contributed by atoms with Crippen LogP contribution in [-0.2, 0) is 4.74 Å². The van der Waals surface area contributed by atoms with E-state index < -0.39 is 0 Å². The number of hydrogen-bond donors (Lipinski definition) is 1. The first-order valence-corrected chi connectivity index (χ1v) is 7.81. The van der Waals surface area contributed by atoms with Gasteiger partial charge in [0.25, 0.3) is 0 Å². The van der Waals surface area contributed by atoms with Crippen LogP contribution < -0.4 is 0 Å². The summed E-state index contributed by atoms with van der Waals surface area (Å²) in [5.41, 5.74) is 1.16. The Balaban J connectivity index is 1.53. The molecule has 0 unspecified atom stereocenters. The molecule has 4 nitrogen and oxygen atoms in total. The van der Waals surface area contributed by atoms with Crippen molar-refractivity contribution in [3.8, 4) is 0 Å². The van der Waals surface area contributed by atoms with Crippen LogP contribution in [0.3, 0.4) is 0 Å². The van der Waals surface area contributed by atoms with E-state index >= 15 is 0 Å². The molecule has 2 atom stereocenters. The second kappa shape index (κ2) is 5.09. The van der Waals surface area contributed by atoms with Crippen LogP contribution in [0.15, 0.2) is 24.4 Å². The van der Waals surface area contributed by atoms with Crippen LogP contribution in [-0.4, -0.2) is 41.1 Å². The lowest BCUT2D eigenvalue weighted by atomic mass is 10.0. The third-order valence-electron chi connectivity index (χ3n) is 5.19. The minimum atomic E-state index is -0.356. The number of nitrogens with zero attached hydrogens (tertiary/aromatic N) is 1. The molecule has 4 rings (SSSR count). The lowest BCUT2D eigenvalue weighted by Crippen LogP contribution is -2.43. The van der Waals surface area contributed by atoms with Crippen molar-refractivity contribution in [1.29, 1.82) is 0 Å². The second-order valence-corrected chi connectivity index (χ2v) is 6.44. The molecule has 22 heavy (non-hydrogen) atoms. The van der Waals surface area contributed by atoms with E-state index in [0.717, 1.165) is 18.4 Å². The van der Waals surface area contributed by atoms with E-state index in [-0.39, 0.29) is 17.9 Å². The summed E-state index contributed by atoms with van der Waals surface area (Å²) < 4.78 is 19.1. The molecule has 116 valence electrons. The molecule has 0 amide bonds. The zero-order valence-electron chi connectivity index (χ0n) is 12.5. The smallest absolute Gasteiger partial charge is 0.340 e. The standard InChI is InChI=1S/C17H19FN2O2/c1-20-11-3-4-12(20)8-13(7-11)22-17(21)15-9-19-16-5-2-10(18)6-14(15)16/h2,5-6,9,11-13,19H,3-4,7-8H2,1H3/t11-,12-/m0/s1. The molecule has 2 fully saturated rings. The van der Waals surface area contributed by atoms with Gasteiger partial charge in [-0.15, -0.1) is 0 Å². The number of carbonyl (C=O) groups is 1. The summed E-state index contributed by atoms with van der Waals surface area (Å²) >= 11 is 0. The fraction of sp³-hybridized carbons (Fsp3) is 0.471. The van der Waals surface area contributed by atoms with Crippen LogP contribution in [0.5, 0.6) is 0 Å². The summed E-state index contributed by atoms with van der Waals surface area (Å²) in [5, 5.41) is 0.584. The Hall–Kier alpha value is -1.88. The van der Waals surface area contributed by atoms with Crippen molar-refractivity contribution >= 4 is 16.9 Å². The van der Waals surface area contributed by atoms with Crippen molar-refractivity contribution in [1.82, 2.24) is 9.88 Å². The van der Waals surface area contributed by atoms with Gasteiger partial charge in [0.2, 0.25) is 0 Å². The van der Waals surface area contributed by atoms with Gasteiger partial charge in [-0.25, -0.2) is 9.18 Å². The monoisotopic (exact) mass is 302 g/mol. The Bertz CT molecular complexity index is 713. The van der Waals surface area contributed by atoms with Gasteiger partial charge < -0.3 is 14.6 Å². The second-order valence-electron chi connectivity index (χ2n) is 6.44. The van der Waals surface area contributed by atoms with E-state index in [2.05, 4.69) is 16.9 Å². The SMILES string of the molecule is CN1[C@H]2CC[C@H]1CC(OC(=O)c1c[nH]c3ccc(F)cc13)C2. The molecule has 2 bridgehead atoms. The van der Waals surface area contributed by atoms with Gasteiger partial charge in [-0.05, 0) is 38.1 Å². The lowest BCUT2D eigenvalue weighted by molar-refractivity contribution is -0.000258. The van der Waals surface area contributed by atoms with E-state index in [1.54, 1.807) is 12.3 Å². The van der Waals surface area contributed by atoms with Crippen LogP contribution in [0.25, 0.3) is 10.9 Å². The summed E-state index contributed by atoms with van der Waals surface area (Å²) in [6.07, 6.45) is 5.75. The number of ether oxygens (including phenoxy) is 1. The topological polar surface area (TPSA) is 45.3 Å². The quantitative estimate of drug-likeness (QED) is 0.867. The minimum Gasteiger partial charge on any atom is -0.459 e. The number of esters is 1. The normalized spacial score (nSPS) is 28.2. The number of nitrogens with one attached hydrogen (secondary N) is 1. The van der Waals surface area contributed by atoms with Gasteiger partial charge in [-0.3, -0.25) is 0 Å². The van der Waals surface area contributed by atoms with Crippen LogP contribution in [0.4, 0.5) is 4.39 Å². The van der Waals surface area contributed by atoms with Crippen molar-refractivity contribution in [2.24, 2.45) is 0 Å². The average Bonchev–Trinajstić information content (AvgIpc) is 2.97. The molecule has 2 aromatic rings. The zero-order valence-corrected chi connectivity index (χ0v) is 12.5. The van der Waals surface area contributed by atoms with Crippen LogP contribution >= 0.6 is 0 Å². The number of H-pyrrole nitrogens is 1. The summed E-state index contributed by atoms with van der Waals surface area (Å²) in [6.45, 7) is 0. The first kappa shape index (κ1) is 13.8. The zero-order chi connectivity index (χ0) is 15.3. The number of carbonyl (C=O) groups excluding carboxylic acids is 1. The Labute approximate surface area is 128 Å². The third kappa shape index (κ3) is 2.20. The minimum absolute atomic E-state index is 0.0280. The van der Waals surface area contributed by atoms with Gasteiger partial charge in [0, 0.05) is 42.0 Å². The molecule has 1 aromatic carbocycles. The maximum absolute atomic E-state index is 13.4. The molecular formula is C17H19FN2O2. The molecule has 2 aliphatic rings. The number of hydrogen-bond acceptors (Lipinski definition) is 3. The van der Waals surface area contributed by atoms with Crippen molar-refractivity contribution in [3.05, 3.63) is 35.8 Å². The molecule has 2 aliphatic heterocycles. The van der Waals surface area contributed by atoms with Crippen molar-refractivity contribution in [2.75, 3.05) is 7.05 Å². The van der Waals surface area contributed by atoms with E-state index in [9.17, 15) is 9.18 Å². The van der Waals surface area contributed by atoms with E-state index in [4.69, 9.17) is 4.74 Å². The van der Waals surface area contributed by atoms with Crippen molar-refractivity contribution < 1.29 is 13.9 Å². The lowest BCUT2D eigenvalue weighted by Gasteiger charge is -2.35. The number of aromatic amines is 1. The van der Waals surface area contributed by atoms with Gasteiger partial charge in [-0.2, -0.15) is 0 Å². The average molecular weight is 302 g/mol. The Morgan fingerprint density at radius 3 is 2.77 bits per heavy atom. The predicted molar refractivity (Wildman–Crippen MR) is 81.3 cm³/mol. The molecular weight excluding hydrogens is 283 g/mol. The van der Waals surface area contributed by atoms with Gasteiger partial charge in [-0.1, -0.05) is 0 Å². The number of aromatic nitrogens is 1. The summed E-state index contributed by atoms with van der Waals surface area (Å²) in [6, 6.07) is 5.44. The fourth-order valence-corrected chi connectivity index (χ4v) is 3.93. The highest BCUT2D eigenvalue weighted by molar-refractivity contribution is 6.04. The van der Waals surface area contributed by atoms with E-state index in [0.29, 0.717) is 23.0 Å². The number of benzene rings is 1.